The minimum Gasteiger partial charge on any atom is -0.355 e. The topological polar surface area (TPSA) is 44.3 Å². The second kappa shape index (κ2) is 6.70. The van der Waals surface area contributed by atoms with Gasteiger partial charge in [-0.25, -0.2) is 5.48 Å². The van der Waals surface area contributed by atoms with E-state index in [1.54, 1.807) is 0 Å². The first-order valence-corrected chi connectivity index (χ1v) is 6.62. The Kier molecular flexibility index (Phi) is 5.05. The van der Waals surface area contributed by atoms with Crippen LogP contribution in [0.2, 0.25) is 0 Å². The lowest BCUT2D eigenvalue weighted by Crippen LogP contribution is -2.12. The molecule has 2 aromatic carbocycles. The molecule has 0 saturated heterocycles. The van der Waals surface area contributed by atoms with Crippen molar-refractivity contribution >= 4 is 11.4 Å². The molecule has 2 aromatic rings. The van der Waals surface area contributed by atoms with Crippen molar-refractivity contribution in [1.82, 2.24) is 5.48 Å². The highest BCUT2D eigenvalue weighted by atomic mass is 19.4. The number of hydroxylamine groups is 1. The molecule has 2 rings (SSSR count). The molecule has 0 saturated carbocycles. The Bertz CT molecular complexity index is 695. The molecule has 0 aromatic heterocycles. The Morgan fingerprint density at radius 1 is 0.833 bits per heavy atom. The lowest BCUT2D eigenvalue weighted by Gasteiger charge is -2.17. The molecule has 3 nitrogen and oxygen atoms in total. The van der Waals surface area contributed by atoms with Crippen LogP contribution in [-0.4, -0.2) is 5.21 Å². The summed E-state index contributed by atoms with van der Waals surface area (Å²) in [4.78, 5) is 0. The monoisotopic (exact) mass is 350 g/mol. The fourth-order valence-electron chi connectivity index (χ4n) is 2.02. The van der Waals surface area contributed by atoms with Gasteiger partial charge in [0.15, 0.2) is 0 Å². The molecular formula is C15H12F6N2O. The third kappa shape index (κ3) is 4.39. The Hall–Kier alpha value is -2.26. The van der Waals surface area contributed by atoms with E-state index in [1.165, 1.54) is 24.3 Å². The average molecular weight is 350 g/mol. The van der Waals surface area contributed by atoms with Gasteiger partial charge >= 0.3 is 12.4 Å². The first-order valence-electron chi connectivity index (χ1n) is 6.62. The first kappa shape index (κ1) is 18.1. The molecule has 0 fully saturated rings. The molecule has 0 aliphatic carbocycles. The SMILES string of the molecule is ONCc1ccc(Nc2cc(C(F)(F)F)ccc2C(F)(F)F)cc1. The Morgan fingerprint density at radius 3 is 1.96 bits per heavy atom. The fraction of sp³-hybridized carbons (Fsp3) is 0.200. The molecular weight excluding hydrogens is 338 g/mol. The number of anilines is 2. The molecule has 0 bridgehead atoms. The number of hydrogen-bond donors (Lipinski definition) is 3. The third-order valence-corrected chi connectivity index (χ3v) is 3.17. The predicted octanol–water partition coefficient (Wildman–Crippen LogP) is 4.95. The summed E-state index contributed by atoms with van der Waals surface area (Å²) in [5.74, 6) is 0. The van der Waals surface area contributed by atoms with Crippen molar-refractivity contribution in [2.75, 3.05) is 5.32 Å². The summed E-state index contributed by atoms with van der Waals surface area (Å²) >= 11 is 0. The maximum absolute atomic E-state index is 13.0. The average Bonchev–Trinajstić information content (AvgIpc) is 2.47. The maximum Gasteiger partial charge on any atom is 0.418 e. The standard InChI is InChI=1S/C15H12F6N2O/c16-14(17,18)10-3-6-12(15(19,20)21)13(7-10)23-11-4-1-9(2-5-11)8-22-24/h1-7,22-24H,8H2. The molecule has 0 aliphatic rings. The van der Waals surface area contributed by atoms with Crippen LogP contribution in [0.1, 0.15) is 16.7 Å². The highest BCUT2D eigenvalue weighted by Gasteiger charge is 2.37. The van der Waals surface area contributed by atoms with Gasteiger partial charge < -0.3 is 10.5 Å². The molecule has 0 amide bonds. The van der Waals surface area contributed by atoms with Crippen LogP contribution in [-0.2, 0) is 18.9 Å². The van der Waals surface area contributed by atoms with Gasteiger partial charge in [0.25, 0.3) is 0 Å². The van der Waals surface area contributed by atoms with Gasteiger partial charge in [-0.15, -0.1) is 0 Å². The minimum absolute atomic E-state index is 0.123. The summed E-state index contributed by atoms with van der Waals surface area (Å²) in [7, 11) is 0. The Morgan fingerprint density at radius 2 is 1.46 bits per heavy atom. The maximum atomic E-state index is 13.0. The van der Waals surface area contributed by atoms with Gasteiger partial charge in [-0.1, -0.05) is 12.1 Å². The number of alkyl halides is 6. The fourth-order valence-corrected chi connectivity index (χ4v) is 2.02. The van der Waals surface area contributed by atoms with Gasteiger partial charge in [0.1, 0.15) is 0 Å². The van der Waals surface area contributed by atoms with Crippen LogP contribution in [0.5, 0.6) is 0 Å². The number of rotatable bonds is 4. The van der Waals surface area contributed by atoms with E-state index in [4.69, 9.17) is 5.21 Å². The van der Waals surface area contributed by atoms with Crippen LogP contribution in [0.3, 0.4) is 0 Å². The summed E-state index contributed by atoms with van der Waals surface area (Å²) in [5.41, 5.74) is -0.333. The number of nitrogens with one attached hydrogen (secondary N) is 2. The van der Waals surface area contributed by atoms with Gasteiger partial charge in [-0.2, -0.15) is 26.3 Å². The Labute approximate surface area is 132 Å². The second-order valence-corrected chi connectivity index (χ2v) is 4.91. The van der Waals surface area contributed by atoms with Crippen LogP contribution in [0.15, 0.2) is 42.5 Å². The highest BCUT2D eigenvalue weighted by molar-refractivity contribution is 5.65. The van der Waals surface area contributed by atoms with Gasteiger partial charge in [0.2, 0.25) is 0 Å². The molecule has 0 spiro atoms. The van der Waals surface area contributed by atoms with Crippen LogP contribution in [0.4, 0.5) is 37.7 Å². The molecule has 130 valence electrons. The smallest absolute Gasteiger partial charge is 0.355 e. The molecule has 0 atom stereocenters. The van der Waals surface area contributed by atoms with Crippen LogP contribution < -0.4 is 10.8 Å². The molecule has 0 heterocycles. The van der Waals surface area contributed by atoms with E-state index in [0.29, 0.717) is 23.8 Å². The van der Waals surface area contributed by atoms with E-state index in [-0.39, 0.29) is 12.2 Å². The highest BCUT2D eigenvalue weighted by Crippen LogP contribution is 2.39. The van der Waals surface area contributed by atoms with Crippen molar-refractivity contribution in [3.05, 3.63) is 59.2 Å². The largest absolute Gasteiger partial charge is 0.418 e. The van der Waals surface area contributed by atoms with Crippen LogP contribution in [0, 0.1) is 0 Å². The van der Waals surface area contributed by atoms with E-state index in [0.717, 1.165) is 0 Å². The van der Waals surface area contributed by atoms with Gasteiger partial charge in [0, 0.05) is 12.2 Å². The van der Waals surface area contributed by atoms with Gasteiger partial charge in [-0.3, -0.25) is 0 Å². The summed E-state index contributed by atoms with van der Waals surface area (Å²) in [6, 6.07) is 7.02. The molecule has 0 unspecified atom stereocenters. The minimum atomic E-state index is -4.80. The van der Waals surface area contributed by atoms with E-state index in [1.807, 2.05) is 5.48 Å². The lowest BCUT2D eigenvalue weighted by molar-refractivity contribution is -0.140. The number of hydrogen-bond acceptors (Lipinski definition) is 3. The van der Waals surface area contributed by atoms with Crippen molar-refractivity contribution in [3.8, 4) is 0 Å². The van der Waals surface area contributed by atoms with Crippen LogP contribution in [0.25, 0.3) is 0 Å². The Balaban J connectivity index is 2.39. The first-order chi connectivity index (χ1) is 11.1. The molecule has 0 radical (unpaired) electrons. The second-order valence-electron chi connectivity index (χ2n) is 4.91. The molecule has 3 N–H and O–H groups in total. The van der Waals surface area contributed by atoms with Gasteiger partial charge in [-0.05, 0) is 35.9 Å². The zero-order valence-electron chi connectivity index (χ0n) is 12.0. The quantitative estimate of drug-likeness (QED) is 0.540. The third-order valence-electron chi connectivity index (χ3n) is 3.17. The number of halogens is 6. The van der Waals surface area contributed by atoms with E-state index in [9.17, 15) is 26.3 Å². The summed E-state index contributed by atoms with van der Waals surface area (Å²) in [6.07, 6.45) is -9.55. The normalized spacial score (nSPS) is 12.3. The van der Waals surface area contributed by atoms with Crippen molar-refractivity contribution in [1.29, 1.82) is 0 Å². The molecule has 9 heteroatoms. The van der Waals surface area contributed by atoms with E-state index >= 15 is 0 Å². The zero-order chi connectivity index (χ0) is 18.0. The van der Waals surface area contributed by atoms with Crippen molar-refractivity contribution in [2.45, 2.75) is 18.9 Å². The molecule has 0 aliphatic heterocycles. The van der Waals surface area contributed by atoms with Crippen molar-refractivity contribution in [2.24, 2.45) is 0 Å². The summed E-state index contributed by atoms with van der Waals surface area (Å²) in [5, 5.41) is 10.9. The van der Waals surface area contributed by atoms with E-state index < -0.39 is 29.2 Å². The van der Waals surface area contributed by atoms with Crippen molar-refractivity contribution < 1.29 is 31.5 Å². The van der Waals surface area contributed by atoms with Crippen molar-refractivity contribution in [3.63, 3.8) is 0 Å². The van der Waals surface area contributed by atoms with E-state index in [2.05, 4.69) is 5.32 Å². The lowest BCUT2D eigenvalue weighted by atomic mass is 10.1. The van der Waals surface area contributed by atoms with Gasteiger partial charge in [0.05, 0.1) is 16.8 Å². The zero-order valence-corrected chi connectivity index (χ0v) is 12.0. The van der Waals surface area contributed by atoms with Crippen LogP contribution >= 0.6 is 0 Å². The summed E-state index contributed by atoms with van der Waals surface area (Å²) in [6.45, 7) is 0.123. The number of benzene rings is 2. The summed E-state index contributed by atoms with van der Waals surface area (Å²) < 4.78 is 77.2. The predicted molar refractivity (Wildman–Crippen MR) is 74.8 cm³/mol. The molecule has 24 heavy (non-hydrogen) atoms.